The molecule has 2 aromatic carbocycles. The number of aromatic nitrogens is 2. The Balaban J connectivity index is 0.00000320. The van der Waals surface area contributed by atoms with Crippen molar-refractivity contribution in [1.82, 2.24) is 9.55 Å². The Morgan fingerprint density at radius 2 is 2.05 bits per heavy atom. The third-order valence-corrected chi connectivity index (χ3v) is 2.98. The van der Waals surface area contributed by atoms with E-state index in [2.05, 4.69) is 11.1 Å². The quantitative estimate of drug-likeness (QED) is 0.532. The smallest absolute Gasteiger partial charge is 0.0846 e. The van der Waals surface area contributed by atoms with E-state index in [1.54, 1.807) is 0 Å². The summed E-state index contributed by atoms with van der Waals surface area (Å²) in [6.45, 7) is -5.33. The molecule has 1 heterocycles. The third-order valence-electron chi connectivity index (χ3n) is 2.98. The second-order valence-electron chi connectivity index (χ2n) is 4.30. The average molecular weight is 473 g/mol. The Bertz CT molecular complexity index is 1080. The monoisotopic (exact) mass is 473 g/mol. The van der Waals surface area contributed by atoms with E-state index >= 15 is 0 Å². The molecule has 0 N–H and O–H groups in total. The van der Waals surface area contributed by atoms with Gasteiger partial charge in [-0.05, 0) is 30.4 Å². The maximum atomic E-state index is 8.96. The largest absolute Gasteiger partial charge is 0.340 e. The van der Waals surface area contributed by atoms with Crippen molar-refractivity contribution in [3.8, 4) is 23.1 Å². The molecule has 3 aromatic rings. The molecular formula is C18H14IrN3-. The molecule has 0 aliphatic heterocycles. The van der Waals surface area contributed by atoms with E-state index in [1.165, 1.54) is 36.4 Å². The number of para-hydroxylation sites is 1. The summed E-state index contributed by atoms with van der Waals surface area (Å²) in [4.78, 5) is 4.02. The van der Waals surface area contributed by atoms with Gasteiger partial charge in [0.1, 0.15) is 0 Å². The van der Waals surface area contributed by atoms with Crippen molar-refractivity contribution in [1.29, 1.82) is 5.26 Å². The fourth-order valence-corrected chi connectivity index (χ4v) is 1.99. The molecule has 0 fully saturated rings. The van der Waals surface area contributed by atoms with Crippen LogP contribution in [0.2, 0.25) is 0 Å². The van der Waals surface area contributed by atoms with Crippen molar-refractivity contribution in [3.05, 3.63) is 71.5 Å². The summed E-state index contributed by atoms with van der Waals surface area (Å²) in [7, 11) is 0. The number of imidazole rings is 1. The zero-order valence-corrected chi connectivity index (χ0v) is 13.5. The molecule has 1 aromatic heterocycles. The van der Waals surface area contributed by atoms with Gasteiger partial charge in [0.15, 0.2) is 0 Å². The predicted octanol–water partition coefficient (Wildman–Crippen LogP) is 3.83. The first-order valence-corrected chi connectivity index (χ1v) is 6.07. The summed E-state index contributed by atoms with van der Waals surface area (Å²) in [5.74, 6) is -0.00769. The van der Waals surface area contributed by atoms with Gasteiger partial charge in [-0.1, -0.05) is 18.2 Å². The molecule has 3 rings (SSSR count). The Hall–Kier alpha value is -2.21. The van der Waals surface area contributed by atoms with Crippen LogP contribution in [-0.2, 0) is 20.1 Å². The molecule has 0 unspecified atom stereocenters. The van der Waals surface area contributed by atoms with E-state index < -0.39 is 26.0 Å². The van der Waals surface area contributed by atoms with E-state index in [4.69, 9.17) is 16.2 Å². The first-order chi connectivity index (χ1) is 13.4. The summed E-state index contributed by atoms with van der Waals surface area (Å²) < 4.78 is 64.3. The molecule has 1 radical (unpaired) electrons. The number of nitrogens with zero attached hydrogens (tertiary/aromatic N) is 3. The summed E-state index contributed by atoms with van der Waals surface area (Å²) >= 11 is 0. The molecule has 0 atom stereocenters. The molecule has 0 spiro atoms. The van der Waals surface area contributed by atoms with E-state index in [-0.39, 0.29) is 48.3 Å². The van der Waals surface area contributed by atoms with Crippen LogP contribution < -0.4 is 0 Å². The molecule has 0 saturated heterocycles. The summed E-state index contributed by atoms with van der Waals surface area (Å²) in [5, 5.41) is 8.96. The molecule has 111 valence electrons. The van der Waals surface area contributed by atoms with Gasteiger partial charge in [0.25, 0.3) is 0 Å². The van der Waals surface area contributed by atoms with Gasteiger partial charge in [0.2, 0.25) is 0 Å². The molecule has 0 aliphatic rings. The van der Waals surface area contributed by atoms with Crippen molar-refractivity contribution in [2.45, 2.75) is 13.7 Å². The fourth-order valence-electron chi connectivity index (χ4n) is 1.99. The Labute approximate surface area is 154 Å². The molecule has 0 aliphatic carbocycles. The molecule has 0 saturated carbocycles. The van der Waals surface area contributed by atoms with Crippen LogP contribution in [0.25, 0.3) is 17.1 Å². The van der Waals surface area contributed by atoms with Gasteiger partial charge in [0, 0.05) is 52.4 Å². The number of nitriles is 1. The minimum Gasteiger partial charge on any atom is -0.340 e. The Morgan fingerprint density at radius 3 is 2.64 bits per heavy atom. The van der Waals surface area contributed by atoms with Crippen LogP contribution in [0.5, 0.6) is 0 Å². The minimum atomic E-state index is -2.67. The van der Waals surface area contributed by atoms with Crippen LogP contribution in [0, 0.1) is 31.1 Å². The Kier molecular flexibility index (Phi) is 2.57. The van der Waals surface area contributed by atoms with E-state index in [0.717, 1.165) is 4.57 Å². The SMILES string of the molecule is [2H]c1nc(-c2[c-]cc(C#N)cc2)n(-c2c(C([2H])([2H])[2H])cccc2C([2H])([2H])[2H])c1[2H].[Ir]. The van der Waals surface area contributed by atoms with Crippen molar-refractivity contribution in [2.24, 2.45) is 0 Å². The third kappa shape index (κ3) is 2.87. The van der Waals surface area contributed by atoms with E-state index in [1.807, 2.05) is 6.07 Å². The molecule has 3 nitrogen and oxygen atoms in total. The first kappa shape index (κ1) is 8.43. The summed E-state index contributed by atoms with van der Waals surface area (Å²) in [6.07, 6.45) is -0.908. The minimum absolute atomic E-state index is 0. The molecule has 0 amide bonds. The van der Waals surface area contributed by atoms with Crippen molar-refractivity contribution in [3.63, 3.8) is 0 Å². The van der Waals surface area contributed by atoms with Crippen molar-refractivity contribution < 1.29 is 31.1 Å². The molecular weight excluding hydrogens is 450 g/mol. The number of benzene rings is 2. The second-order valence-corrected chi connectivity index (χ2v) is 4.30. The van der Waals surface area contributed by atoms with Gasteiger partial charge in [-0.3, -0.25) is 4.98 Å². The van der Waals surface area contributed by atoms with Crippen molar-refractivity contribution in [2.75, 3.05) is 0 Å². The molecule has 4 heteroatoms. The van der Waals surface area contributed by atoms with Gasteiger partial charge in [-0.2, -0.15) is 0 Å². The van der Waals surface area contributed by atoms with Crippen LogP contribution in [0.4, 0.5) is 0 Å². The molecule has 22 heavy (non-hydrogen) atoms. The van der Waals surface area contributed by atoms with Gasteiger partial charge in [-0.25, -0.2) is 5.26 Å². The summed E-state index contributed by atoms with van der Waals surface area (Å²) in [5.41, 5.74) is -0.155. The van der Waals surface area contributed by atoms with Crippen LogP contribution in [0.1, 0.15) is 27.7 Å². The standard InChI is InChI=1S/C18H14N3.Ir/c1-13-4-3-5-14(2)17(13)21-11-10-20-18(21)16-8-6-15(12-19)7-9-16;/h3-8,10-11H,1-2H3;/q-1;/i1D3,2D3,10D,11D;. The summed E-state index contributed by atoms with van der Waals surface area (Å²) in [6, 6.07) is 13.0. The van der Waals surface area contributed by atoms with Crippen molar-refractivity contribution >= 4 is 0 Å². The van der Waals surface area contributed by atoms with E-state index in [0.29, 0.717) is 5.56 Å². The van der Waals surface area contributed by atoms with E-state index in [9.17, 15) is 0 Å². The van der Waals surface area contributed by atoms with Gasteiger partial charge in [-0.15, -0.1) is 29.8 Å². The number of rotatable bonds is 2. The predicted molar refractivity (Wildman–Crippen MR) is 82.0 cm³/mol. The van der Waals surface area contributed by atoms with Crippen LogP contribution in [0.3, 0.4) is 0 Å². The maximum Gasteiger partial charge on any atom is 0.0846 e. The number of aryl methyl sites for hydroxylation is 2. The van der Waals surface area contributed by atoms with Gasteiger partial charge >= 0.3 is 0 Å². The second kappa shape index (κ2) is 6.70. The van der Waals surface area contributed by atoms with Crippen LogP contribution >= 0.6 is 0 Å². The molecule has 0 bridgehead atoms. The van der Waals surface area contributed by atoms with Crippen LogP contribution in [0.15, 0.2) is 48.7 Å². The normalized spacial score (nSPS) is 16.3. The fraction of sp³-hybridized carbons (Fsp3) is 0.111. The average Bonchev–Trinajstić information content (AvgIpc) is 2.94. The van der Waals surface area contributed by atoms with Gasteiger partial charge < -0.3 is 4.57 Å². The zero-order chi connectivity index (χ0) is 21.6. The zero-order valence-electron chi connectivity index (χ0n) is 19.1. The number of hydrogen-bond donors (Lipinski definition) is 0. The first-order valence-electron chi connectivity index (χ1n) is 10.1. The maximum absolute atomic E-state index is 8.96. The number of hydrogen-bond acceptors (Lipinski definition) is 2. The topological polar surface area (TPSA) is 41.6 Å². The Morgan fingerprint density at radius 1 is 1.27 bits per heavy atom. The van der Waals surface area contributed by atoms with Gasteiger partial charge in [0.05, 0.1) is 8.57 Å². The van der Waals surface area contributed by atoms with Crippen LogP contribution in [-0.4, -0.2) is 9.55 Å².